The highest BCUT2D eigenvalue weighted by molar-refractivity contribution is 5.97. The van der Waals surface area contributed by atoms with E-state index in [1.54, 1.807) is 27.9 Å². The molecule has 0 aliphatic carbocycles. The lowest BCUT2D eigenvalue weighted by molar-refractivity contribution is -0.130. The van der Waals surface area contributed by atoms with Crippen molar-refractivity contribution in [2.75, 3.05) is 18.4 Å². The molecule has 0 aromatic carbocycles. The number of anilines is 1. The average molecular weight is 313 g/mol. The normalized spacial score (nSPS) is 18.0. The number of hydrogen-bond acceptors (Lipinski definition) is 4. The fourth-order valence-electron chi connectivity index (χ4n) is 2.89. The van der Waals surface area contributed by atoms with Crippen LogP contribution >= 0.6 is 0 Å². The first kappa shape index (κ1) is 15.2. The first-order valence-corrected chi connectivity index (χ1v) is 7.62. The first-order chi connectivity index (χ1) is 11.1. The Bertz CT molecular complexity index is 767. The van der Waals surface area contributed by atoms with Crippen molar-refractivity contribution in [3.63, 3.8) is 0 Å². The number of carbonyl (C=O) groups is 2. The fourth-order valence-corrected chi connectivity index (χ4v) is 2.89. The van der Waals surface area contributed by atoms with Crippen molar-refractivity contribution in [3.05, 3.63) is 36.8 Å². The summed E-state index contributed by atoms with van der Waals surface area (Å²) in [5.41, 5.74) is 1.96. The Labute approximate surface area is 134 Å². The molecule has 3 rings (SSSR count). The van der Waals surface area contributed by atoms with Gasteiger partial charge in [0.2, 0.25) is 11.8 Å². The smallest absolute Gasteiger partial charge is 0.245 e. The molecule has 1 fully saturated rings. The Morgan fingerprint density at radius 2 is 2.30 bits per heavy atom. The zero-order valence-corrected chi connectivity index (χ0v) is 13.0. The van der Waals surface area contributed by atoms with E-state index in [9.17, 15) is 9.59 Å². The van der Waals surface area contributed by atoms with E-state index in [1.807, 2.05) is 6.92 Å². The summed E-state index contributed by atoms with van der Waals surface area (Å²) in [5, 5.41) is 7.26. The van der Waals surface area contributed by atoms with Gasteiger partial charge in [0.1, 0.15) is 5.69 Å². The van der Waals surface area contributed by atoms with Crippen LogP contribution in [0.1, 0.15) is 18.5 Å². The van der Waals surface area contributed by atoms with Crippen LogP contribution in [0.5, 0.6) is 0 Å². The van der Waals surface area contributed by atoms with Crippen LogP contribution in [0.15, 0.2) is 31.1 Å². The summed E-state index contributed by atoms with van der Waals surface area (Å²) in [6, 6.07) is 1.78. The van der Waals surface area contributed by atoms with E-state index in [4.69, 9.17) is 0 Å². The van der Waals surface area contributed by atoms with Crippen LogP contribution in [0.4, 0.5) is 5.69 Å². The fraction of sp³-hybridized carbons (Fsp3) is 0.375. The second kappa shape index (κ2) is 6.20. The summed E-state index contributed by atoms with van der Waals surface area (Å²) in [6.07, 6.45) is 6.31. The lowest BCUT2D eigenvalue weighted by atomic mass is 9.97. The molecule has 1 aliphatic heterocycles. The Hall–Kier alpha value is -2.70. The molecule has 0 bridgehead atoms. The van der Waals surface area contributed by atoms with E-state index in [0.29, 0.717) is 30.1 Å². The molecule has 2 aromatic heterocycles. The first-order valence-electron chi connectivity index (χ1n) is 7.62. The molecular weight excluding hydrogens is 294 g/mol. The molecule has 0 unspecified atom stereocenters. The largest absolute Gasteiger partial charge is 0.338 e. The molecule has 1 N–H and O–H groups in total. The lowest BCUT2D eigenvalue weighted by Crippen LogP contribution is -2.43. The number of nitrogens with zero attached hydrogens (tertiary/aromatic N) is 4. The Balaban J connectivity index is 1.77. The van der Waals surface area contributed by atoms with E-state index in [1.165, 1.54) is 6.08 Å². The van der Waals surface area contributed by atoms with Crippen LogP contribution in [0, 0.1) is 12.8 Å². The van der Waals surface area contributed by atoms with Crippen LogP contribution < -0.4 is 5.32 Å². The number of likely N-dealkylation sites (tertiary alicyclic amines) is 1. The van der Waals surface area contributed by atoms with Crippen LogP contribution in [0.3, 0.4) is 0 Å². The number of carbonyl (C=O) groups excluding carboxylic acids is 2. The van der Waals surface area contributed by atoms with Crippen molar-refractivity contribution in [1.29, 1.82) is 0 Å². The summed E-state index contributed by atoms with van der Waals surface area (Å²) in [4.78, 5) is 30.2. The monoisotopic (exact) mass is 313 g/mol. The van der Waals surface area contributed by atoms with Crippen molar-refractivity contribution >= 4 is 23.1 Å². The van der Waals surface area contributed by atoms with Gasteiger partial charge in [0.05, 0.1) is 11.6 Å². The highest BCUT2D eigenvalue weighted by atomic mass is 16.2. The minimum absolute atomic E-state index is 0.102. The molecule has 1 aliphatic rings. The lowest BCUT2D eigenvalue weighted by Gasteiger charge is -2.31. The molecule has 7 heteroatoms. The predicted molar refractivity (Wildman–Crippen MR) is 85.9 cm³/mol. The maximum Gasteiger partial charge on any atom is 0.245 e. The van der Waals surface area contributed by atoms with Gasteiger partial charge in [-0.15, -0.1) is 0 Å². The molecule has 120 valence electrons. The van der Waals surface area contributed by atoms with Crippen molar-refractivity contribution < 1.29 is 9.59 Å². The molecule has 1 saturated heterocycles. The molecule has 0 spiro atoms. The minimum atomic E-state index is -0.231. The standard InChI is InChI=1S/C16H19N5O2/c1-3-13(22)20-8-4-6-12(10-20)16(23)18-14-11(2)19-21-9-5-7-17-15(14)21/h3,5,7,9,12H,1,4,6,8,10H2,2H3,(H,18,23)/t12-/m1/s1. The topological polar surface area (TPSA) is 79.6 Å². The molecule has 0 saturated carbocycles. The second-order valence-corrected chi connectivity index (χ2v) is 5.67. The Morgan fingerprint density at radius 1 is 1.48 bits per heavy atom. The number of aromatic nitrogens is 3. The van der Waals surface area contributed by atoms with Crippen molar-refractivity contribution in [2.24, 2.45) is 5.92 Å². The molecule has 2 aromatic rings. The van der Waals surface area contributed by atoms with Crippen molar-refractivity contribution in [3.8, 4) is 0 Å². The van der Waals surface area contributed by atoms with Gasteiger partial charge >= 0.3 is 0 Å². The Kier molecular flexibility index (Phi) is 4.10. The van der Waals surface area contributed by atoms with Gasteiger partial charge in [-0.05, 0) is 31.9 Å². The second-order valence-electron chi connectivity index (χ2n) is 5.67. The number of hydrogen-bond donors (Lipinski definition) is 1. The van der Waals surface area contributed by atoms with Crippen LogP contribution in [-0.2, 0) is 9.59 Å². The third-order valence-electron chi connectivity index (χ3n) is 4.10. The van der Waals surface area contributed by atoms with Gasteiger partial charge in [-0.2, -0.15) is 5.10 Å². The van der Waals surface area contributed by atoms with Gasteiger partial charge in [-0.25, -0.2) is 9.50 Å². The Morgan fingerprint density at radius 3 is 3.09 bits per heavy atom. The van der Waals surface area contributed by atoms with Gasteiger partial charge in [-0.3, -0.25) is 9.59 Å². The average Bonchev–Trinajstić information content (AvgIpc) is 2.90. The molecule has 3 heterocycles. The van der Waals surface area contributed by atoms with Gasteiger partial charge in [0.15, 0.2) is 5.65 Å². The third kappa shape index (κ3) is 2.94. The zero-order chi connectivity index (χ0) is 16.4. The van der Waals surface area contributed by atoms with Crippen LogP contribution in [0.25, 0.3) is 5.65 Å². The van der Waals surface area contributed by atoms with Gasteiger partial charge in [0, 0.05) is 25.5 Å². The third-order valence-corrected chi connectivity index (χ3v) is 4.10. The van der Waals surface area contributed by atoms with Gasteiger partial charge in [0.25, 0.3) is 0 Å². The van der Waals surface area contributed by atoms with E-state index >= 15 is 0 Å². The molecule has 7 nitrogen and oxygen atoms in total. The van der Waals surface area contributed by atoms with E-state index in [0.717, 1.165) is 12.8 Å². The summed E-state index contributed by atoms with van der Waals surface area (Å²) in [6.45, 7) is 6.42. The summed E-state index contributed by atoms with van der Waals surface area (Å²) < 4.78 is 1.64. The maximum atomic E-state index is 12.6. The minimum Gasteiger partial charge on any atom is -0.338 e. The number of nitrogens with one attached hydrogen (secondary N) is 1. The molecule has 1 atom stereocenters. The summed E-state index contributed by atoms with van der Waals surface area (Å²) in [7, 11) is 0. The maximum absolute atomic E-state index is 12.6. The molecule has 23 heavy (non-hydrogen) atoms. The predicted octanol–water partition coefficient (Wildman–Crippen LogP) is 1.40. The molecular formula is C16H19N5O2. The van der Waals surface area contributed by atoms with Crippen molar-refractivity contribution in [1.82, 2.24) is 19.5 Å². The number of aryl methyl sites for hydroxylation is 1. The van der Waals surface area contributed by atoms with Gasteiger partial charge < -0.3 is 10.2 Å². The summed E-state index contributed by atoms with van der Waals surface area (Å²) in [5.74, 6) is -0.461. The van der Waals surface area contributed by atoms with E-state index < -0.39 is 0 Å². The summed E-state index contributed by atoms with van der Waals surface area (Å²) >= 11 is 0. The SMILES string of the molecule is C=CC(=O)N1CCC[C@@H](C(=O)Nc2c(C)nn3cccnc23)C1. The number of rotatable bonds is 3. The highest BCUT2D eigenvalue weighted by Gasteiger charge is 2.28. The molecule has 0 radical (unpaired) electrons. The quantitative estimate of drug-likeness (QED) is 0.869. The van der Waals surface area contributed by atoms with Gasteiger partial charge in [-0.1, -0.05) is 6.58 Å². The van der Waals surface area contributed by atoms with E-state index in [-0.39, 0.29) is 17.7 Å². The van der Waals surface area contributed by atoms with Crippen molar-refractivity contribution in [2.45, 2.75) is 19.8 Å². The number of fused-ring (bicyclic) bond motifs is 1. The van der Waals surface area contributed by atoms with Crippen LogP contribution in [0.2, 0.25) is 0 Å². The van der Waals surface area contributed by atoms with E-state index in [2.05, 4.69) is 22.0 Å². The number of piperidine rings is 1. The molecule has 2 amide bonds. The highest BCUT2D eigenvalue weighted by Crippen LogP contribution is 2.23. The number of amides is 2. The van der Waals surface area contributed by atoms with Crippen LogP contribution in [-0.4, -0.2) is 44.4 Å². The zero-order valence-electron chi connectivity index (χ0n) is 13.0.